The molecule has 2 aromatic rings. The summed E-state index contributed by atoms with van der Waals surface area (Å²) in [5, 5.41) is 11.4. The molecule has 8 heteroatoms. The number of ether oxygens (including phenoxy) is 1. The zero-order valence-electron chi connectivity index (χ0n) is 16.7. The molecule has 7 nitrogen and oxygen atoms in total. The molecule has 158 valence electrons. The van der Waals surface area contributed by atoms with Gasteiger partial charge in [-0.2, -0.15) is 5.26 Å². The number of pyridine rings is 1. The van der Waals surface area contributed by atoms with Gasteiger partial charge in [-0.15, -0.1) is 0 Å². The number of nitrogens with zero attached hydrogens (tertiary/aromatic N) is 2. The molecule has 1 N–H and O–H groups in total. The van der Waals surface area contributed by atoms with Crippen LogP contribution in [0.4, 0.5) is 5.82 Å². The van der Waals surface area contributed by atoms with Gasteiger partial charge >= 0.3 is 0 Å². The average Bonchev–Trinajstić information content (AvgIpc) is 2.73. The van der Waals surface area contributed by atoms with Crippen LogP contribution in [0.3, 0.4) is 0 Å². The predicted molar refractivity (Wildman–Crippen MR) is 114 cm³/mol. The molecule has 1 aromatic carbocycles. The number of nitrogens with one attached hydrogen (secondary N) is 1. The fourth-order valence-electron chi connectivity index (χ4n) is 3.51. The van der Waals surface area contributed by atoms with Gasteiger partial charge in [-0.25, -0.2) is 13.4 Å². The fraction of sp³-hybridized carbons (Fsp3) is 0.409. The summed E-state index contributed by atoms with van der Waals surface area (Å²) < 4.78 is 30.7. The van der Waals surface area contributed by atoms with E-state index in [1.54, 1.807) is 36.4 Å². The van der Waals surface area contributed by atoms with Crippen LogP contribution in [0.1, 0.15) is 43.2 Å². The Kier molecular flexibility index (Phi) is 7.41. The average molecular weight is 428 g/mol. The summed E-state index contributed by atoms with van der Waals surface area (Å²) in [6.45, 7) is 0.561. The van der Waals surface area contributed by atoms with E-state index in [2.05, 4.69) is 10.3 Å². The van der Waals surface area contributed by atoms with E-state index < -0.39 is 21.5 Å². The van der Waals surface area contributed by atoms with Crippen molar-refractivity contribution < 1.29 is 17.9 Å². The summed E-state index contributed by atoms with van der Waals surface area (Å²) in [6.07, 6.45) is 7.48. The van der Waals surface area contributed by atoms with E-state index >= 15 is 0 Å². The molecule has 0 saturated heterocycles. The van der Waals surface area contributed by atoms with E-state index in [4.69, 9.17) is 10.00 Å². The SMILES string of the molecule is N#Cc1ccc(CS(=O)(=O)CC(=O)Nc2ncccc2OCC2CCCCC2)cc1. The number of carbonyl (C=O) groups is 1. The van der Waals surface area contributed by atoms with E-state index in [1.165, 1.54) is 25.5 Å². The molecule has 1 fully saturated rings. The van der Waals surface area contributed by atoms with Crippen LogP contribution < -0.4 is 10.1 Å². The molecule has 1 aromatic heterocycles. The van der Waals surface area contributed by atoms with Crippen LogP contribution in [-0.4, -0.2) is 31.7 Å². The summed E-state index contributed by atoms with van der Waals surface area (Å²) in [7, 11) is -3.68. The maximum Gasteiger partial charge on any atom is 0.240 e. The summed E-state index contributed by atoms with van der Waals surface area (Å²) in [5.74, 6) is -0.432. The topological polar surface area (TPSA) is 109 Å². The van der Waals surface area contributed by atoms with Crippen molar-refractivity contribution in [1.29, 1.82) is 5.26 Å². The van der Waals surface area contributed by atoms with Crippen LogP contribution in [0.25, 0.3) is 0 Å². The Bertz CT molecular complexity index is 1010. The molecule has 3 rings (SSSR count). The minimum atomic E-state index is -3.68. The molecular formula is C22H25N3O4S. The van der Waals surface area contributed by atoms with Crippen molar-refractivity contribution in [3.05, 3.63) is 53.7 Å². The second kappa shape index (κ2) is 10.2. The van der Waals surface area contributed by atoms with Gasteiger partial charge in [0.2, 0.25) is 5.91 Å². The Balaban J connectivity index is 1.57. The maximum atomic E-state index is 12.4. The van der Waals surface area contributed by atoms with Crippen molar-refractivity contribution in [2.24, 2.45) is 5.92 Å². The molecule has 30 heavy (non-hydrogen) atoms. The fourth-order valence-corrected chi connectivity index (χ4v) is 4.78. The smallest absolute Gasteiger partial charge is 0.240 e. The molecule has 0 atom stereocenters. The Hall–Kier alpha value is -2.92. The number of carbonyl (C=O) groups excluding carboxylic acids is 1. The van der Waals surface area contributed by atoms with Gasteiger partial charge in [-0.3, -0.25) is 4.79 Å². The quantitative estimate of drug-likeness (QED) is 0.691. The third kappa shape index (κ3) is 6.56. The minimum Gasteiger partial charge on any atom is -0.489 e. The molecular weight excluding hydrogens is 402 g/mol. The Morgan fingerprint density at radius 3 is 2.60 bits per heavy atom. The third-order valence-corrected chi connectivity index (χ3v) is 6.52. The molecule has 0 bridgehead atoms. The number of benzene rings is 1. The van der Waals surface area contributed by atoms with Crippen molar-refractivity contribution in [1.82, 2.24) is 4.98 Å². The molecule has 0 radical (unpaired) electrons. The number of aromatic nitrogens is 1. The third-order valence-electron chi connectivity index (χ3n) is 5.05. The normalized spacial score (nSPS) is 14.6. The Morgan fingerprint density at radius 2 is 1.90 bits per heavy atom. The van der Waals surface area contributed by atoms with E-state index in [1.807, 2.05) is 6.07 Å². The Labute approximate surface area is 177 Å². The molecule has 1 aliphatic carbocycles. The van der Waals surface area contributed by atoms with E-state index in [9.17, 15) is 13.2 Å². The van der Waals surface area contributed by atoms with Gasteiger partial charge in [-0.1, -0.05) is 31.4 Å². The zero-order chi connectivity index (χ0) is 21.4. The van der Waals surface area contributed by atoms with Gasteiger partial charge in [0.15, 0.2) is 21.4 Å². The summed E-state index contributed by atoms with van der Waals surface area (Å²) >= 11 is 0. The van der Waals surface area contributed by atoms with Crippen LogP contribution in [-0.2, 0) is 20.4 Å². The highest BCUT2D eigenvalue weighted by Gasteiger charge is 2.20. The standard InChI is InChI=1S/C22H25N3O4S/c23-13-17-8-10-19(11-9-17)15-30(27,28)16-21(26)25-22-20(7-4-12-24-22)29-14-18-5-2-1-3-6-18/h4,7-12,18H,1-3,5-6,14-16H2,(H,24,25,26). The minimum absolute atomic E-state index is 0.229. The Morgan fingerprint density at radius 1 is 1.17 bits per heavy atom. The first-order valence-corrected chi connectivity index (χ1v) is 11.8. The van der Waals surface area contributed by atoms with Gasteiger partial charge in [-0.05, 0) is 48.6 Å². The lowest BCUT2D eigenvalue weighted by Gasteiger charge is -2.22. The van der Waals surface area contributed by atoms with Crippen molar-refractivity contribution in [3.63, 3.8) is 0 Å². The lowest BCUT2D eigenvalue weighted by atomic mass is 9.90. The molecule has 0 unspecified atom stereocenters. The molecule has 0 spiro atoms. The van der Waals surface area contributed by atoms with Gasteiger partial charge in [0, 0.05) is 6.20 Å². The van der Waals surface area contributed by atoms with Crippen LogP contribution >= 0.6 is 0 Å². The zero-order valence-corrected chi connectivity index (χ0v) is 17.5. The molecule has 0 aliphatic heterocycles. The number of hydrogen-bond acceptors (Lipinski definition) is 6. The first kappa shape index (κ1) is 21.8. The number of amides is 1. The number of hydrogen-bond donors (Lipinski definition) is 1. The predicted octanol–water partition coefficient (Wildman–Crippen LogP) is 3.47. The highest BCUT2D eigenvalue weighted by atomic mass is 32.2. The summed E-state index contributed by atoms with van der Waals surface area (Å²) in [5.41, 5.74) is 0.973. The highest BCUT2D eigenvalue weighted by Crippen LogP contribution is 2.27. The number of anilines is 1. The first-order chi connectivity index (χ1) is 14.4. The molecule has 1 amide bonds. The first-order valence-electron chi connectivity index (χ1n) is 10.0. The summed E-state index contributed by atoms with van der Waals surface area (Å²) in [4.78, 5) is 16.5. The van der Waals surface area contributed by atoms with Crippen molar-refractivity contribution in [3.8, 4) is 11.8 Å². The second-order valence-electron chi connectivity index (χ2n) is 7.55. The van der Waals surface area contributed by atoms with Gasteiger partial charge in [0.25, 0.3) is 0 Å². The van der Waals surface area contributed by atoms with E-state index in [-0.39, 0.29) is 11.6 Å². The van der Waals surface area contributed by atoms with Crippen LogP contribution in [0.15, 0.2) is 42.6 Å². The second-order valence-corrected chi connectivity index (χ2v) is 9.62. The largest absolute Gasteiger partial charge is 0.489 e. The maximum absolute atomic E-state index is 12.4. The van der Waals surface area contributed by atoms with Crippen molar-refractivity contribution in [2.75, 3.05) is 17.7 Å². The molecule has 1 saturated carbocycles. The van der Waals surface area contributed by atoms with Crippen LogP contribution in [0.5, 0.6) is 5.75 Å². The number of nitriles is 1. The number of sulfone groups is 1. The van der Waals surface area contributed by atoms with Crippen LogP contribution in [0.2, 0.25) is 0 Å². The van der Waals surface area contributed by atoms with Gasteiger partial charge < -0.3 is 10.1 Å². The van der Waals surface area contributed by atoms with E-state index in [0.29, 0.717) is 29.4 Å². The highest BCUT2D eigenvalue weighted by molar-refractivity contribution is 7.91. The van der Waals surface area contributed by atoms with E-state index in [0.717, 1.165) is 12.8 Å². The van der Waals surface area contributed by atoms with Gasteiger partial charge in [0.1, 0.15) is 5.75 Å². The van der Waals surface area contributed by atoms with Gasteiger partial charge in [0.05, 0.1) is 24.0 Å². The molecule has 1 heterocycles. The van der Waals surface area contributed by atoms with Crippen molar-refractivity contribution >= 4 is 21.6 Å². The lowest BCUT2D eigenvalue weighted by molar-refractivity contribution is -0.113. The van der Waals surface area contributed by atoms with Crippen molar-refractivity contribution in [2.45, 2.75) is 37.9 Å². The lowest BCUT2D eigenvalue weighted by Crippen LogP contribution is -2.25. The summed E-state index contributed by atoms with van der Waals surface area (Å²) in [6, 6.07) is 11.7. The monoisotopic (exact) mass is 427 g/mol. The number of rotatable bonds is 8. The molecule has 1 aliphatic rings. The van der Waals surface area contributed by atoms with Crippen LogP contribution in [0, 0.1) is 17.2 Å².